The number of hydrogen-bond donors (Lipinski definition) is 2. The molecule has 2 aromatic carbocycles. The van der Waals surface area contributed by atoms with Gasteiger partial charge in [-0.15, -0.1) is 6.42 Å². The van der Waals surface area contributed by atoms with E-state index in [-0.39, 0.29) is 10.7 Å². The third-order valence-electron chi connectivity index (χ3n) is 3.87. The second-order valence-electron chi connectivity index (χ2n) is 5.94. The molecule has 154 valence electrons. The second-order valence-corrected chi connectivity index (χ2v) is 6.76. The van der Waals surface area contributed by atoms with Crippen molar-refractivity contribution in [2.45, 2.75) is 13.0 Å². The zero-order valence-electron chi connectivity index (χ0n) is 15.9. The van der Waals surface area contributed by atoms with Crippen molar-refractivity contribution in [1.29, 1.82) is 0 Å². The minimum absolute atomic E-state index is 0.00569. The quantitative estimate of drug-likeness (QED) is 0.585. The molecule has 3 rings (SSSR count). The fourth-order valence-electron chi connectivity index (χ4n) is 2.40. The summed E-state index contributed by atoms with van der Waals surface area (Å²) in [5.74, 6) is 2.37. The summed E-state index contributed by atoms with van der Waals surface area (Å²) in [7, 11) is 0. The van der Waals surface area contributed by atoms with Crippen molar-refractivity contribution in [3.63, 3.8) is 0 Å². The van der Waals surface area contributed by atoms with E-state index in [0.717, 1.165) is 4.90 Å². The van der Waals surface area contributed by atoms with Crippen LogP contribution in [0.15, 0.2) is 65.6 Å². The van der Waals surface area contributed by atoms with E-state index in [0.29, 0.717) is 16.4 Å². The molecule has 1 heterocycles. The highest BCUT2D eigenvalue weighted by Gasteiger charge is 2.19. The van der Waals surface area contributed by atoms with Gasteiger partial charge >= 0.3 is 6.09 Å². The molecule has 0 saturated carbocycles. The van der Waals surface area contributed by atoms with Crippen LogP contribution in [0.25, 0.3) is 5.69 Å². The van der Waals surface area contributed by atoms with E-state index in [9.17, 15) is 9.59 Å². The van der Waals surface area contributed by atoms with Gasteiger partial charge < -0.3 is 10.8 Å². The van der Waals surface area contributed by atoms with Crippen molar-refractivity contribution in [3.8, 4) is 18.0 Å². The molecule has 0 radical (unpaired) electrons. The first kappa shape index (κ1) is 22.8. The van der Waals surface area contributed by atoms with Crippen LogP contribution in [0.2, 0.25) is 10.0 Å². The van der Waals surface area contributed by atoms with Crippen LogP contribution in [0.4, 0.5) is 16.2 Å². The number of para-hydroxylation sites is 1. The monoisotopic (exact) mass is 444 g/mol. The first-order valence-corrected chi connectivity index (χ1v) is 9.34. The molecule has 1 unspecified atom stereocenters. The summed E-state index contributed by atoms with van der Waals surface area (Å²) in [6.45, 7) is 1.63. The van der Waals surface area contributed by atoms with Crippen molar-refractivity contribution in [2.75, 3.05) is 10.6 Å². The average Bonchev–Trinajstić information content (AvgIpc) is 2.73. The van der Waals surface area contributed by atoms with E-state index < -0.39 is 17.7 Å². The summed E-state index contributed by atoms with van der Waals surface area (Å²) < 4.78 is 1.21. The first-order valence-electron chi connectivity index (χ1n) is 8.58. The van der Waals surface area contributed by atoms with Crippen molar-refractivity contribution >= 4 is 40.7 Å². The van der Waals surface area contributed by atoms with E-state index in [1.165, 1.54) is 10.9 Å². The molecular formula is C21H18Cl2N4O3. The number of nitrogen functional groups attached to an aromatic ring is 1. The van der Waals surface area contributed by atoms with Gasteiger partial charge in [0.1, 0.15) is 5.02 Å². The van der Waals surface area contributed by atoms with Crippen molar-refractivity contribution < 1.29 is 9.90 Å². The van der Waals surface area contributed by atoms with Crippen LogP contribution in [0, 0.1) is 12.3 Å². The van der Waals surface area contributed by atoms with Crippen LogP contribution >= 0.6 is 23.2 Å². The predicted molar refractivity (Wildman–Crippen MR) is 120 cm³/mol. The van der Waals surface area contributed by atoms with Crippen molar-refractivity contribution in [2.24, 2.45) is 0 Å². The minimum Gasteiger partial charge on any atom is -0.465 e. The molecule has 3 aromatic rings. The molecule has 30 heavy (non-hydrogen) atoms. The van der Waals surface area contributed by atoms with E-state index >= 15 is 0 Å². The van der Waals surface area contributed by atoms with Gasteiger partial charge in [-0.1, -0.05) is 53.4 Å². The molecule has 0 aliphatic rings. The number of carbonyl (C=O) groups is 1. The van der Waals surface area contributed by atoms with Gasteiger partial charge in [-0.3, -0.25) is 9.69 Å². The first-order chi connectivity index (χ1) is 14.3. The molecule has 0 saturated heterocycles. The summed E-state index contributed by atoms with van der Waals surface area (Å²) >= 11 is 11.5. The second kappa shape index (κ2) is 10.3. The molecular weight excluding hydrogens is 427 g/mol. The van der Waals surface area contributed by atoms with Crippen molar-refractivity contribution in [3.05, 3.63) is 81.2 Å². The lowest BCUT2D eigenvalue weighted by Gasteiger charge is -2.22. The third-order valence-corrected chi connectivity index (χ3v) is 4.48. The molecule has 1 aromatic heterocycles. The largest absolute Gasteiger partial charge is 0.465 e. The summed E-state index contributed by atoms with van der Waals surface area (Å²) in [5, 5.41) is 13.4. The van der Waals surface area contributed by atoms with Crippen LogP contribution < -0.4 is 16.2 Å². The molecule has 9 heteroatoms. The van der Waals surface area contributed by atoms with Crippen LogP contribution in [0.3, 0.4) is 0 Å². The van der Waals surface area contributed by atoms with Crippen LogP contribution in [-0.2, 0) is 0 Å². The number of anilines is 2. The van der Waals surface area contributed by atoms with Gasteiger partial charge in [-0.2, -0.15) is 9.78 Å². The lowest BCUT2D eigenvalue weighted by Crippen LogP contribution is -2.36. The molecule has 0 aliphatic carbocycles. The number of rotatable bonds is 3. The smallest absolute Gasteiger partial charge is 0.412 e. The number of terminal acetylenes is 1. The highest BCUT2D eigenvalue weighted by Crippen LogP contribution is 2.21. The Balaban J connectivity index is 0.000000214. The Morgan fingerprint density at radius 2 is 1.90 bits per heavy atom. The highest BCUT2D eigenvalue weighted by molar-refractivity contribution is 6.32. The minimum atomic E-state index is -1.09. The Morgan fingerprint density at radius 3 is 2.47 bits per heavy atom. The number of halogens is 2. The molecule has 1 atom stereocenters. The average molecular weight is 445 g/mol. The van der Waals surface area contributed by atoms with Gasteiger partial charge in [0.15, 0.2) is 0 Å². The number of benzene rings is 2. The fourth-order valence-corrected chi connectivity index (χ4v) is 2.71. The standard InChI is InChI=1S/C11H10ClNO2.C10H8ClN3O/c1-3-8(2)13(11(14)15)10-6-4-5-9(12)7-10;11-9-8(12)6-13-14(10(9)15)7-4-2-1-3-5-7/h1,4-8H,2H3,(H,14,15);1-6H,12H2. The summed E-state index contributed by atoms with van der Waals surface area (Å²) in [6, 6.07) is 15.0. The molecule has 0 spiro atoms. The zero-order chi connectivity index (χ0) is 22.3. The van der Waals surface area contributed by atoms with Gasteiger partial charge in [-0.05, 0) is 37.3 Å². The Bertz CT molecular complexity index is 1130. The van der Waals surface area contributed by atoms with E-state index in [4.69, 9.17) is 40.5 Å². The fraction of sp³-hybridized carbons (Fsp3) is 0.0952. The summed E-state index contributed by atoms with van der Waals surface area (Å²) in [5.41, 5.74) is 6.36. The Labute approximate surface area is 183 Å². The number of carboxylic acid groups (broad SMARTS) is 1. The molecule has 0 aliphatic heterocycles. The predicted octanol–water partition coefficient (Wildman–Crippen LogP) is 4.31. The van der Waals surface area contributed by atoms with Crippen LogP contribution in [-0.4, -0.2) is 27.0 Å². The van der Waals surface area contributed by atoms with Gasteiger partial charge in [-0.25, -0.2) is 4.79 Å². The number of nitrogens with two attached hydrogens (primary N) is 1. The SMILES string of the molecule is C#CC(C)N(C(=O)O)c1cccc(Cl)c1.Nc1cnn(-c2ccccc2)c(=O)c1Cl. The summed E-state index contributed by atoms with van der Waals surface area (Å²) in [6.07, 6.45) is 5.46. The van der Waals surface area contributed by atoms with E-state index in [1.807, 2.05) is 18.2 Å². The Kier molecular flexibility index (Phi) is 7.87. The van der Waals surface area contributed by atoms with Crippen LogP contribution in [0.1, 0.15) is 6.92 Å². The lowest BCUT2D eigenvalue weighted by molar-refractivity contribution is 0.201. The maximum atomic E-state index is 11.7. The van der Waals surface area contributed by atoms with Crippen molar-refractivity contribution in [1.82, 2.24) is 9.78 Å². The molecule has 3 N–H and O–H groups in total. The number of aromatic nitrogens is 2. The van der Waals surface area contributed by atoms with Gasteiger partial charge in [0.05, 0.1) is 23.6 Å². The Hall–Kier alpha value is -3.47. The van der Waals surface area contributed by atoms with E-state index in [1.54, 1.807) is 43.3 Å². The molecule has 7 nitrogen and oxygen atoms in total. The number of nitrogens with zero attached hydrogens (tertiary/aromatic N) is 3. The lowest BCUT2D eigenvalue weighted by atomic mass is 10.2. The number of amides is 1. The topological polar surface area (TPSA) is 101 Å². The highest BCUT2D eigenvalue weighted by atomic mass is 35.5. The van der Waals surface area contributed by atoms with Gasteiger partial charge in [0, 0.05) is 10.7 Å². The third kappa shape index (κ3) is 5.54. The van der Waals surface area contributed by atoms with Gasteiger partial charge in [0.25, 0.3) is 5.56 Å². The van der Waals surface area contributed by atoms with Gasteiger partial charge in [0.2, 0.25) is 0 Å². The zero-order valence-corrected chi connectivity index (χ0v) is 17.4. The Morgan fingerprint density at radius 1 is 1.23 bits per heavy atom. The van der Waals surface area contributed by atoms with E-state index in [2.05, 4.69) is 11.0 Å². The molecule has 1 amide bonds. The van der Waals surface area contributed by atoms with Crippen LogP contribution in [0.5, 0.6) is 0 Å². The summed E-state index contributed by atoms with van der Waals surface area (Å²) in [4.78, 5) is 23.8. The molecule has 0 fully saturated rings. The maximum absolute atomic E-state index is 11.7. The molecule has 0 bridgehead atoms. The normalized spacial score (nSPS) is 10.9. The maximum Gasteiger partial charge on any atom is 0.412 e. The number of hydrogen-bond acceptors (Lipinski definition) is 4.